The van der Waals surface area contributed by atoms with Crippen molar-refractivity contribution in [3.05, 3.63) is 12.3 Å². The fourth-order valence-corrected chi connectivity index (χ4v) is 8.33. The Hall–Kier alpha value is -0.753. The Balaban J connectivity index is 4.80. The van der Waals surface area contributed by atoms with E-state index in [2.05, 4.69) is 54.2 Å². The molecule has 0 rings (SSSR count). The molecule has 104 valence electrons. The van der Waals surface area contributed by atoms with Crippen molar-refractivity contribution < 1.29 is 4.43 Å². The largest absolute Gasteiger partial charge is 0.546 e. The fourth-order valence-electron chi connectivity index (χ4n) is 3.02. The molecule has 0 saturated heterocycles. The molecule has 0 radical (unpaired) electrons. The molecule has 0 amide bonds. The van der Waals surface area contributed by atoms with E-state index in [1.165, 1.54) is 0 Å². The van der Waals surface area contributed by atoms with Gasteiger partial charge in [0.15, 0.2) is 0 Å². The Morgan fingerprint density at radius 2 is 1.56 bits per heavy atom. The van der Waals surface area contributed by atoms with Crippen LogP contribution in [0, 0.1) is 11.3 Å². The van der Waals surface area contributed by atoms with Crippen molar-refractivity contribution in [2.75, 3.05) is 0 Å². The quantitative estimate of drug-likeness (QED) is 0.336. The summed E-state index contributed by atoms with van der Waals surface area (Å²) in [5.74, 6) is 0.882. The summed E-state index contributed by atoms with van der Waals surface area (Å²) >= 11 is 0. The maximum Gasteiger partial charge on any atom is 0.258 e. The molecule has 0 N–H and O–H groups in total. The van der Waals surface area contributed by atoms with E-state index in [-0.39, 0.29) is 0 Å². The van der Waals surface area contributed by atoms with Crippen LogP contribution in [0.4, 0.5) is 0 Å². The molecule has 18 heavy (non-hydrogen) atoms. The smallest absolute Gasteiger partial charge is 0.258 e. The third-order valence-electron chi connectivity index (χ3n) is 3.77. The van der Waals surface area contributed by atoms with Crippen molar-refractivity contribution in [3.8, 4) is 6.07 Å². The van der Waals surface area contributed by atoms with E-state index in [0.717, 1.165) is 18.6 Å². The van der Waals surface area contributed by atoms with Crippen LogP contribution in [0.25, 0.3) is 0 Å². The minimum atomic E-state index is -1.83. The Morgan fingerprint density at radius 1 is 1.11 bits per heavy atom. The highest BCUT2D eigenvalue weighted by Gasteiger charge is 2.46. The first kappa shape index (κ1) is 17.2. The van der Waals surface area contributed by atoms with Crippen LogP contribution in [0.1, 0.15) is 60.8 Å². The van der Waals surface area contributed by atoms with Crippen LogP contribution < -0.4 is 0 Å². The van der Waals surface area contributed by atoms with Crippen LogP contribution in [0.3, 0.4) is 0 Å². The molecular formula is C15H29NOSi. The molecule has 0 spiro atoms. The molecule has 0 unspecified atom stereocenters. The van der Waals surface area contributed by atoms with E-state index in [0.29, 0.717) is 23.0 Å². The van der Waals surface area contributed by atoms with Crippen molar-refractivity contribution in [3.63, 3.8) is 0 Å². The zero-order chi connectivity index (χ0) is 14.3. The zero-order valence-corrected chi connectivity index (χ0v) is 13.9. The number of hydrogen-bond acceptors (Lipinski definition) is 2. The normalized spacial score (nSPS) is 12.0. The molecule has 0 aromatic heterocycles. The van der Waals surface area contributed by atoms with Crippen LogP contribution in [0.2, 0.25) is 16.6 Å². The number of unbranched alkanes of at least 4 members (excludes halogenated alkanes) is 1. The predicted octanol–water partition coefficient (Wildman–Crippen LogP) is 5.39. The lowest BCUT2D eigenvalue weighted by molar-refractivity contribution is 0.354. The van der Waals surface area contributed by atoms with Crippen LogP contribution in [-0.4, -0.2) is 8.32 Å². The topological polar surface area (TPSA) is 33.0 Å². The lowest BCUT2D eigenvalue weighted by Gasteiger charge is -2.42. The fraction of sp³-hybridized carbons (Fsp3) is 0.800. The molecule has 0 aromatic carbocycles. The lowest BCUT2D eigenvalue weighted by atomic mass is 10.2. The SMILES string of the molecule is C=C(CCCC#N)O[Si](C(C)C)(C(C)C)C(C)C. The molecule has 0 aromatic rings. The van der Waals surface area contributed by atoms with Crippen molar-refractivity contribution in [2.24, 2.45) is 0 Å². The second-order valence-electron chi connectivity index (χ2n) is 5.97. The van der Waals surface area contributed by atoms with E-state index in [9.17, 15) is 0 Å². The number of rotatable bonds is 8. The monoisotopic (exact) mass is 267 g/mol. The minimum Gasteiger partial charge on any atom is -0.546 e. The average molecular weight is 267 g/mol. The minimum absolute atomic E-state index is 0.574. The van der Waals surface area contributed by atoms with Gasteiger partial charge >= 0.3 is 0 Å². The summed E-state index contributed by atoms with van der Waals surface area (Å²) in [6, 6.07) is 2.17. The van der Waals surface area contributed by atoms with Gasteiger partial charge in [0.25, 0.3) is 8.32 Å². The lowest BCUT2D eigenvalue weighted by Crippen LogP contribution is -2.47. The number of allylic oxidation sites excluding steroid dienone is 1. The van der Waals surface area contributed by atoms with Gasteiger partial charge in [-0.3, -0.25) is 0 Å². The van der Waals surface area contributed by atoms with Gasteiger partial charge in [-0.2, -0.15) is 5.26 Å². The Morgan fingerprint density at radius 3 is 1.89 bits per heavy atom. The zero-order valence-electron chi connectivity index (χ0n) is 12.9. The maximum atomic E-state index is 8.56. The Kier molecular flexibility index (Phi) is 7.31. The molecule has 0 aliphatic heterocycles. The third-order valence-corrected chi connectivity index (χ3v) is 9.83. The van der Waals surface area contributed by atoms with E-state index < -0.39 is 8.32 Å². The van der Waals surface area contributed by atoms with Gasteiger partial charge in [0.05, 0.1) is 11.8 Å². The van der Waals surface area contributed by atoms with Gasteiger partial charge in [0.1, 0.15) is 0 Å². The highest BCUT2D eigenvalue weighted by atomic mass is 28.4. The summed E-state index contributed by atoms with van der Waals surface area (Å²) in [6.07, 6.45) is 2.25. The average Bonchev–Trinajstić information content (AvgIpc) is 2.24. The van der Waals surface area contributed by atoms with E-state index in [4.69, 9.17) is 9.69 Å². The molecular weight excluding hydrogens is 238 g/mol. The third kappa shape index (κ3) is 4.17. The maximum absolute atomic E-state index is 8.56. The molecule has 0 bridgehead atoms. The van der Waals surface area contributed by atoms with Crippen LogP contribution in [-0.2, 0) is 4.43 Å². The van der Waals surface area contributed by atoms with Crippen LogP contribution in [0.15, 0.2) is 12.3 Å². The highest BCUT2D eigenvalue weighted by molar-refractivity contribution is 6.77. The van der Waals surface area contributed by atoms with Crippen LogP contribution in [0.5, 0.6) is 0 Å². The highest BCUT2D eigenvalue weighted by Crippen LogP contribution is 2.43. The van der Waals surface area contributed by atoms with E-state index >= 15 is 0 Å². The van der Waals surface area contributed by atoms with Gasteiger partial charge in [-0.1, -0.05) is 48.1 Å². The summed E-state index contributed by atoms with van der Waals surface area (Å²) in [7, 11) is -1.83. The predicted molar refractivity (Wildman–Crippen MR) is 80.7 cm³/mol. The number of nitrogens with zero attached hydrogens (tertiary/aromatic N) is 1. The molecule has 2 nitrogen and oxygen atoms in total. The summed E-state index contributed by atoms with van der Waals surface area (Å²) in [6.45, 7) is 17.7. The van der Waals surface area contributed by atoms with Gasteiger partial charge in [0, 0.05) is 12.8 Å². The first-order valence-corrected chi connectivity index (χ1v) is 9.16. The van der Waals surface area contributed by atoms with Crippen molar-refractivity contribution >= 4 is 8.32 Å². The molecule has 0 saturated carbocycles. The molecule has 0 aliphatic rings. The summed E-state index contributed by atoms with van der Waals surface area (Å²) in [5, 5.41) is 8.56. The summed E-state index contributed by atoms with van der Waals surface area (Å²) in [4.78, 5) is 0. The molecule has 0 aliphatic carbocycles. The number of nitriles is 1. The Bertz CT molecular complexity index is 280. The van der Waals surface area contributed by atoms with Crippen molar-refractivity contribution in [1.29, 1.82) is 5.26 Å². The van der Waals surface area contributed by atoms with Gasteiger partial charge in [0.2, 0.25) is 0 Å². The molecule has 0 fully saturated rings. The van der Waals surface area contributed by atoms with E-state index in [1.807, 2.05) is 0 Å². The summed E-state index contributed by atoms with van der Waals surface area (Å²) in [5.41, 5.74) is 1.72. The molecule has 3 heteroatoms. The Labute approximate surface area is 114 Å². The van der Waals surface area contributed by atoms with E-state index in [1.54, 1.807) is 0 Å². The number of hydrogen-bond donors (Lipinski definition) is 0. The second kappa shape index (κ2) is 7.63. The van der Waals surface area contributed by atoms with Gasteiger partial charge in [-0.05, 0) is 23.0 Å². The van der Waals surface area contributed by atoms with Gasteiger partial charge in [-0.15, -0.1) is 0 Å². The first-order valence-electron chi connectivity index (χ1n) is 7.02. The molecule has 0 atom stereocenters. The standard InChI is InChI=1S/C15H29NOSi/c1-12(2)18(13(3)4,14(5)6)17-15(7)10-8-9-11-16/h12-14H,7-10H2,1-6H3. The second-order valence-corrected chi connectivity index (χ2v) is 11.3. The summed E-state index contributed by atoms with van der Waals surface area (Å²) < 4.78 is 6.40. The van der Waals surface area contributed by atoms with Crippen molar-refractivity contribution in [1.82, 2.24) is 0 Å². The van der Waals surface area contributed by atoms with Gasteiger partial charge in [-0.25, -0.2) is 0 Å². The first-order chi connectivity index (χ1) is 8.28. The van der Waals surface area contributed by atoms with Crippen molar-refractivity contribution in [2.45, 2.75) is 77.4 Å². The molecule has 0 heterocycles. The van der Waals surface area contributed by atoms with Crippen LogP contribution >= 0.6 is 0 Å². The van der Waals surface area contributed by atoms with Gasteiger partial charge < -0.3 is 4.43 Å².